The van der Waals surface area contributed by atoms with Crippen LogP contribution in [0.25, 0.3) is 0 Å². The number of rotatable bonds is 6. The Bertz CT molecular complexity index is 700. The monoisotopic (exact) mass is 334 g/mol. The lowest BCUT2D eigenvalue weighted by Gasteiger charge is -2.14. The molecule has 0 radical (unpaired) electrons. The van der Waals surface area contributed by atoms with Crippen LogP contribution in [0.2, 0.25) is 0 Å². The lowest BCUT2D eigenvalue weighted by Crippen LogP contribution is -2.34. The van der Waals surface area contributed by atoms with Crippen molar-refractivity contribution in [1.29, 1.82) is 0 Å². The highest BCUT2D eigenvalue weighted by atomic mass is 16.5. The van der Waals surface area contributed by atoms with Gasteiger partial charge >= 0.3 is 12.0 Å². The zero-order valence-electron chi connectivity index (χ0n) is 13.6. The number of carbonyl (C=O) groups is 3. The molecule has 8 heteroatoms. The number of imide groups is 1. The number of hydrogen-bond donors (Lipinski definition) is 1. The van der Waals surface area contributed by atoms with Crippen LogP contribution in [0, 0.1) is 0 Å². The molecule has 1 heterocycles. The Morgan fingerprint density at radius 1 is 1.21 bits per heavy atom. The van der Waals surface area contributed by atoms with E-state index in [1.54, 1.807) is 18.2 Å². The number of methoxy groups -OCH3 is 3. The van der Waals surface area contributed by atoms with E-state index in [4.69, 9.17) is 9.47 Å². The van der Waals surface area contributed by atoms with E-state index in [1.807, 2.05) is 0 Å². The Labute approximate surface area is 139 Å². The predicted octanol–water partition coefficient (Wildman–Crippen LogP) is 1.03. The Morgan fingerprint density at radius 2 is 1.88 bits per heavy atom. The van der Waals surface area contributed by atoms with Crippen molar-refractivity contribution in [1.82, 2.24) is 10.2 Å². The van der Waals surface area contributed by atoms with Gasteiger partial charge in [-0.05, 0) is 17.7 Å². The third-order valence-corrected chi connectivity index (χ3v) is 3.59. The number of carbonyl (C=O) groups excluding carboxylic acids is 3. The first-order valence-electron chi connectivity index (χ1n) is 7.02. The Hall–Kier alpha value is -3.03. The van der Waals surface area contributed by atoms with Crippen molar-refractivity contribution in [2.75, 3.05) is 27.9 Å². The summed E-state index contributed by atoms with van der Waals surface area (Å²) in [6.45, 7) is 3.29. The minimum absolute atomic E-state index is 0.00830. The van der Waals surface area contributed by atoms with E-state index in [0.29, 0.717) is 17.1 Å². The molecule has 0 bridgehead atoms. The van der Waals surface area contributed by atoms with Gasteiger partial charge in [0, 0.05) is 5.57 Å². The first-order chi connectivity index (χ1) is 11.4. The number of urea groups is 1. The highest BCUT2D eigenvalue weighted by molar-refractivity contribution is 6.05. The van der Waals surface area contributed by atoms with Crippen molar-refractivity contribution in [2.45, 2.75) is 6.04 Å². The fourth-order valence-electron chi connectivity index (χ4n) is 2.33. The minimum atomic E-state index is -0.872. The number of ether oxygens (including phenoxy) is 3. The van der Waals surface area contributed by atoms with Crippen molar-refractivity contribution in [3.63, 3.8) is 0 Å². The van der Waals surface area contributed by atoms with E-state index in [2.05, 4.69) is 16.6 Å². The summed E-state index contributed by atoms with van der Waals surface area (Å²) in [6.07, 6.45) is 0. The van der Waals surface area contributed by atoms with Crippen LogP contribution in [0.1, 0.15) is 11.6 Å². The number of benzene rings is 1. The molecule has 1 N–H and O–H groups in total. The molecule has 1 saturated heterocycles. The molecular weight excluding hydrogens is 316 g/mol. The maximum Gasteiger partial charge on any atom is 0.334 e. The van der Waals surface area contributed by atoms with Crippen LogP contribution in [-0.2, 0) is 14.3 Å². The molecule has 1 aromatic carbocycles. The Kier molecular flexibility index (Phi) is 5.08. The Morgan fingerprint density at radius 3 is 2.46 bits per heavy atom. The highest BCUT2D eigenvalue weighted by Crippen LogP contribution is 2.32. The fourth-order valence-corrected chi connectivity index (χ4v) is 2.33. The summed E-state index contributed by atoms with van der Waals surface area (Å²) >= 11 is 0. The zero-order chi connectivity index (χ0) is 17.9. The van der Waals surface area contributed by atoms with E-state index in [0.717, 1.165) is 4.90 Å². The highest BCUT2D eigenvalue weighted by Gasteiger charge is 2.39. The first-order valence-corrected chi connectivity index (χ1v) is 7.02. The lowest BCUT2D eigenvalue weighted by molar-refractivity contribution is -0.136. The van der Waals surface area contributed by atoms with Gasteiger partial charge in [-0.3, -0.25) is 9.69 Å². The fraction of sp³-hybridized carbons (Fsp3) is 0.312. The van der Waals surface area contributed by atoms with Crippen LogP contribution in [0.5, 0.6) is 11.5 Å². The molecule has 24 heavy (non-hydrogen) atoms. The van der Waals surface area contributed by atoms with Gasteiger partial charge < -0.3 is 19.5 Å². The number of nitrogens with zero attached hydrogens (tertiary/aromatic N) is 1. The van der Waals surface area contributed by atoms with Gasteiger partial charge in [-0.15, -0.1) is 0 Å². The van der Waals surface area contributed by atoms with Gasteiger partial charge in [0.15, 0.2) is 11.5 Å². The summed E-state index contributed by atoms with van der Waals surface area (Å²) in [5.74, 6) is -0.217. The smallest absolute Gasteiger partial charge is 0.334 e. The third kappa shape index (κ3) is 3.17. The normalized spacial score (nSPS) is 16.6. The van der Waals surface area contributed by atoms with Crippen molar-refractivity contribution in [3.8, 4) is 11.5 Å². The summed E-state index contributed by atoms with van der Waals surface area (Å²) in [4.78, 5) is 36.8. The molecule has 8 nitrogen and oxygen atoms in total. The quantitative estimate of drug-likeness (QED) is 0.474. The molecule has 0 aromatic heterocycles. The van der Waals surface area contributed by atoms with Crippen LogP contribution < -0.4 is 14.8 Å². The van der Waals surface area contributed by atoms with Gasteiger partial charge in [-0.1, -0.05) is 12.6 Å². The van der Waals surface area contributed by atoms with Gasteiger partial charge in [-0.25, -0.2) is 9.59 Å². The molecule has 0 spiro atoms. The molecule has 2 rings (SSSR count). The van der Waals surface area contributed by atoms with Crippen molar-refractivity contribution < 1.29 is 28.6 Å². The molecule has 1 aromatic rings. The standard InChI is InChI=1S/C16H18N2O6/c1-9(15(20)24-4)8-18-14(19)13(17-16(18)21)10-5-6-11(22-2)12(7-10)23-3/h5-7,13H,1,8H2,2-4H3,(H,17,21). The molecule has 1 fully saturated rings. The average Bonchev–Trinajstić information content (AvgIpc) is 2.88. The number of esters is 1. The van der Waals surface area contributed by atoms with Gasteiger partial charge in [-0.2, -0.15) is 0 Å². The Balaban J connectivity index is 2.22. The first kappa shape index (κ1) is 17.3. The second-order valence-electron chi connectivity index (χ2n) is 5.02. The van der Waals surface area contributed by atoms with Crippen molar-refractivity contribution in [3.05, 3.63) is 35.9 Å². The second kappa shape index (κ2) is 7.03. The molecule has 3 amide bonds. The van der Waals surface area contributed by atoms with Gasteiger partial charge in [0.1, 0.15) is 6.04 Å². The molecule has 1 aliphatic rings. The van der Waals surface area contributed by atoms with E-state index in [9.17, 15) is 14.4 Å². The van der Waals surface area contributed by atoms with Crippen molar-refractivity contribution >= 4 is 17.9 Å². The van der Waals surface area contributed by atoms with Crippen LogP contribution in [-0.4, -0.2) is 50.7 Å². The van der Waals surface area contributed by atoms with Crippen LogP contribution in [0.15, 0.2) is 30.4 Å². The van der Waals surface area contributed by atoms with Crippen molar-refractivity contribution in [2.24, 2.45) is 0 Å². The molecule has 1 aliphatic heterocycles. The molecular formula is C16H18N2O6. The maximum absolute atomic E-state index is 12.5. The zero-order valence-corrected chi connectivity index (χ0v) is 13.6. The van der Waals surface area contributed by atoms with Gasteiger partial charge in [0.2, 0.25) is 0 Å². The summed E-state index contributed by atoms with van der Waals surface area (Å²) < 4.78 is 14.9. The SMILES string of the molecule is C=C(CN1C(=O)NC(c2ccc(OC)c(OC)c2)C1=O)C(=O)OC. The predicted molar refractivity (Wildman–Crippen MR) is 83.7 cm³/mol. The molecule has 0 saturated carbocycles. The number of hydrogen-bond acceptors (Lipinski definition) is 6. The van der Waals surface area contributed by atoms with Gasteiger partial charge in [0.25, 0.3) is 5.91 Å². The third-order valence-electron chi connectivity index (χ3n) is 3.59. The topological polar surface area (TPSA) is 94.2 Å². The van der Waals surface area contributed by atoms with Gasteiger partial charge in [0.05, 0.1) is 27.9 Å². The van der Waals surface area contributed by atoms with Crippen LogP contribution >= 0.6 is 0 Å². The summed E-state index contributed by atoms with van der Waals surface area (Å²) in [5.41, 5.74) is 0.547. The molecule has 0 aliphatic carbocycles. The van der Waals surface area contributed by atoms with Crippen LogP contribution in [0.3, 0.4) is 0 Å². The van der Waals surface area contributed by atoms with E-state index < -0.39 is 23.9 Å². The summed E-state index contributed by atoms with van der Waals surface area (Å²) in [5, 5.41) is 2.57. The minimum Gasteiger partial charge on any atom is -0.493 e. The maximum atomic E-state index is 12.5. The molecule has 1 atom stereocenters. The van der Waals surface area contributed by atoms with E-state index in [1.165, 1.54) is 21.3 Å². The number of amides is 3. The summed E-state index contributed by atoms with van der Waals surface area (Å²) in [7, 11) is 4.18. The van der Waals surface area contributed by atoms with E-state index >= 15 is 0 Å². The lowest BCUT2D eigenvalue weighted by atomic mass is 10.1. The largest absolute Gasteiger partial charge is 0.493 e. The van der Waals surface area contributed by atoms with E-state index in [-0.39, 0.29) is 12.1 Å². The average molecular weight is 334 g/mol. The molecule has 128 valence electrons. The molecule has 1 unspecified atom stereocenters. The second-order valence-corrected chi connectivity index (χ2v) is 5.02. The van der Waals surface area contributed by atoms with Crippen LogP contribution in [0.4, 0.5) is 4.79 Å². The summed E-state index contributed by atoms with van der Waals surface area (Å²) in [6, 6.07) is 3.43. The number of nitrogens with one attached hydrogen (secondary N) is 1.